The van der Waals surface area contributed by atoms with Crippen molar-refractivity contribution < 1.29 is 24.1 Å². The van der Waals surface area contributed by atoms with Gasteiger partial charge in [-0.1, -0.05) is 32.0 Å². The van der Waals surface area contributed by atoms with Crippen LogP contribution in [0.15, 0.2) is 42.5 Å². The summed E-state index contributed by atoms with van der Waals surface area (Å²) in [7, 11) is 0. The van der Waals surface area contributed by atoms with Gasteiger partial charge in [-0.05, 0) is 35.4 Å². The first kappa shape index (κ1) is 25.7. The first-order valence-electron chi connectivity index (χ1n) is 11.3. The molecule has 6 nitrogen and oxygen atoms in total. The first-order valence-corrected chi connectivity index (χ1v) is 11.8. The van der Waals surface area contributed by atoms with Crippen LogP contribution in [0.5, 0.6) is 11.5 Å². The van der Waals surface area contributed by atoms with Crippen molar-refractivity contribution in [3.05, 3.63) is 59.4 Å². The van der Waals surface area contributed by atoms with Crippen LogP contribution in [0.1, 0.15) is 25.0 Å². The van der Waals surface area contributed by atoms with Gasteiger partial charge in [0.15, 0.2) is 11.6 Å². The van der Waals surface area contributed by atoms with Gasteiger partial charge in [-0.15, -0.1) is 11.6 Å². The minimum absolute atomic E-state index is 0.0293. The van der Waals surface area contributed by atoms with Crippen molar-refractivity contribution in [3.63, 3.8) is 0 Å². The zero-order valence-electron chi connectivity index (χ0n) is 19.3. The molecule has 8 heteroatoms. The predicted octanol–water partition coefficient (Wildman–Crippen LogP) is 2.78. The number of rotatable bonds is 11. The molecule has 2 unspecified atom stereocenters. The second-order valence-corrected chi connectivity index (χ2v) is 9.24. The fourth-order valence-corrected chi connectivity index (χ4v) is 3.90. The van der Waals surface area contributed by atoms with Gasteiger partial charge in [-0.25, -0.2) is 4.39 Å². The summed E-state index contributed by atoms with van der Waals surface area (Å²) in [5.74, 6) is 0.311. The molecule has 0 bridgehead atoms. The van der Waals surface area contributed by atoms with Crippen LogP contribution in [0.25, 0.3) is 0 Å². The highest BCUT2D eigenvalue weighted by molar-refractivity contribution is 6.18. The lowest BCUT2D eigenvalue weighted by Gasteiger charge is -2.29. The smallest absolute Gasteiger partial charge is 0.165 e. The number of piperazine rings is 1. The second kappa shape index (κ2) is 12.0. The molecule has 3 rings (SSSR count). The minimum atomic E-state index is -0.842. The van der Waals surface area contributed by atoms with Gasteiger partial charge in [-0.3, -0.25) is 4.90 Å². The third-order valence-electron chi connectivity index (χ3n) is 5.96. The lowest BCUT2D eigenvalue weighted by molar-refractivity contribution is 0.0641. The molecule has 1 aliphatic rings. The maximum Gasteiger partial charge on any atom is 0.165 e. The Kier molecular flexibility index (Phi) is 9.35. The molecule has 0 aromatic heterocycles. The predicted molar refractivity (Wildman–Crippen MR) is 128 cm³/mol. The minimum Gasteiger partial charge on any atom is -0.491 e. The van der Waals surface area contributed by atoms with E-state index in [2.05, 4.69) is 10.2 Å². The Balaban J connectivity index is 1.57. The van der Waals surface area contributed by atoms with Crippen molar-refractivity contribution in [2.45, 2.75) is 31.5 Å². The van der Waals surface area contributed by atoms with Gasteiger partial charge in [0.25, 0.3) is 0 Å². The number of β-amino-alcohol motifs (C(OH)–C–C–N with tert-alkyl or cyclic N) is 1. The van der Waals surface area contributed by atoms with Crippen LogP contribution in [-0.4, -0.2) is 79.1 Å². The molecule has 1 saturated heterocycles. The SMILES string of the molecule is CC(C)(c1ccc(OCC(O)CN2CCNCC2)cc1)c1ccc(OCC(O)CCl)c(F)c1. The topological polar surface area (TPSA) is 74.2 Å². The monoisotopic (exact) mass is 480 g/mol. The van der Waals surface area contributed by atoms with Crippen LogP contribution in [0.2, 0.25) is 0 Å². The number of ether oxygens (including phenoxy) is 2. The van der Waals surface area contributed by atoms with Gasteiger partial charge in [-0.2, -0.15) is 0 Å². The fourth-order valence-electron chi connectivity index (χ4n) is 3.81. The van der Waals surface area contributed by atoms with E-state index < -0.39 is 23.4 Å². The number of aliphatic hydroxyl groups is 2. The Hall–Kier alpha value is -1.90. The lowest BCUT2D eigenvalue weighted by atomic mass is 9.78. The van der Waals surface area contributed by atoms with Crippen LogP contribution in [0, 0.1) is 5.82 Å². The van der Waals surface area contributed by atoms with E-state index in [1.807, 2.05) is 44.2 Å². The largest absolute Gasteiger partial charge is 0.491 e. The highest BCUT2D eigenvalue weighted by Crippen LogP contribution is 2.34. The van der Waals surface area contributed by atoms with E-state index in [1.54, 1.807) is 6.07 Å². The Morgan fingerprint density at radius 1 is 1.00 bits per heavy atom. The molecular weight excluding hydrogens is 447 g/mol. The summed E-state index contributed by atoms with van der Waals surface area (Å²) in [4.78, 5) is 2.23. The van der Waals surface area contributed by atoms with Crippen LogP contribution < -0.4 is 14.8 Å². The summed E-state index contributed by atoms with van der Waals surface area (Å²) in [6.45, 7) is 8.58. The summed E-state index contributed by atoms with van der Waals surface area (Å²) in [6, 6.07) is 12.5. The molecule has 182 valence electrons. The molecule has 1 aliphatic heterocycles. The zero-order chi connectivity index (χ0) is 23.8. The average molecular weight is 481 g/mol. The van der Waals surface area contributed by atoms with E-state index >= 15 is 0 Å². The van der Waals surface area contributed by atoms with Crippen LogP contribution in [0.3, 0.4) is 0 Å². The molecule has 2 atom stereocenters. The number of alkyl halides is 1. The summed E-state index contributed by atoms with van der Waals surface area (Å²) in [6.07, 6.45) is -1.39. The van der Waals surface area contributed by atoms with E-state index in [-0.39, 0.29) is 24.8 Å². The Morgan fingerprint density at radius 3 is 2.27 bits per heavy atom. The number of nitrogens with one attached hydrogen (secondary N) is 1. The van der Waals surface area contributed by atoms with Crippen molar-refractivity contribution in [2.24, 2.45) is 0 Å². The van der Waals surface area contributed by atoms with Gasteiger partial charge in [0.2, 0.25) is 0 Å². The quantitative estimate of drug-likeness (QED) is 0.429. The molecule has 33 heavy (non-hydrogen) atoms. The van der Waals surface area contributed by atoms with Crippen LogP contribution >= 0.6 is 11.6 Å². The van der Waals surface area contributed by atoms with Crippen molar-refractivity contribution in [1.29, 1.82) is 0 Å². The van der Waals surface area contributed by atoms with Gasteiger partial charge >= 0.3 is 0 Å². The zero-order valence-corrected chi connectivity index (χ0v) is 20.0. The van der Waals surface area contributed by atoms with E-state index in [1.165, 1.54) is 6.07 Å². The molecule has 1 heterocycles. The number of hydrogen-bond donors (Lipinski definition) is 3. The number of hydrogen-bond acceptors (Lipinski definition) is 6. The maximum absolute atomic E-state index is 14.6. The molecule has 2 aromatic rings. The van der Waals surface area contributed by atoms with Gasteiger partial charge in [0.1, 0.15) is 31.2 Å². The second-order valence-electron chi connectivity index (χ2n) is 8.93. The van der Waals surface area contributed by atoms with Crippen molar-refractivity contribution in [3.8, 4) is 11.5 Å². The highest BCUT2D eigenvalue weighted by atomic mass is 35.5. The van der Waals surface area contributed by atoms with Crippen LogP contribution in [0.4, 0.5) is 4.39 Å². The van der Waals surface area contributed by atoms with E-state index in [0.717, 1.165) is 37.3 Å². The molecule has 2 aromatic carbocycles. The fraction of sp³-hybridized carbons (Fsp3) is 0.520. The molecule has 3 N–H and O–H groups in total. The third-order valence-corrected chi connectivity index (χ3v) is 6.32. The van der Waals surface area contributed by atoms with Gasteiger partial charge in [0, 0.05) is 38.1 Å². The molecule has 0 radical (unpaired) electrons. The van der Waals surface area contributed by atoms with Gasteiger partial charge in [0.05, 0.1) is 5.88 Å². The third kappa shape index (κ3) is 7.29. The maximum atomic E-state index is 14.6. The van der Waals surface area contributed by atoms with Gasteiger partial charge < -0.3 is 25.0 Å². The Morgan fingerprint density at radius 2 is 1.64 bits per heavy atom. The number of halogens is 2. The lowest BCUT2D eigenvalue weighted by Crippen LogP contribution is -2.47. The van der Waals surface area contributed by atoms with E-state index in [4.69, 9.17) is 21.1 Å². The Labute approximate surface area is 200 Å². The number of nitrogens with zero attached hydrogens (tertiary/aromatic N) is 1. The van der Waals surface area contributed by atoms with E-state index in [9.17, 15) is 14.6 Å². The highest BCUT2D eigenvalue weighted by Gasteiger charge is 2.25. The van der Waals surface area contributed by atoms with Crippen molar-refractivity contribution in [1.82, 2.24) is 10.2 Å². The standard InChI is InChI=1S/C25H34ClFN2O4/c1-25(2,19-5-8-24(23(27)13-19)33-16-20(30)14-26)18-3-6-22(7-4-18)32-17-21(31)15-29-11-9-28-10-12-29/h3-8,13,20-21,28,30-31H,9-12,14-17H2,1-2H3. The summed E-state index contributed by atoms with van der Waals surface area (Å²) in [5.41, 5.74) is 1.35. The molecular formula is C25H34ClFN2O4. The van der Waals surface area contributed by atoms with E-state index in [0.29, 0.717) is 12.3 Å². The van der Waals surface area contributed by atoms with Crippen molar-refractivity contribution >= 4 is 11.6 Å². The average Bonchev–Trinajstić information content (AvgIpc) is 2.82. The molecule has 0 spiro atoms. The normalized spacial score (nSPS) is 16.9. The summed E-state index contributed by atoms with van der Waals surface area (Å²) >= 11 is 5.55. The molecule has 0 aliphatic carbocycles. The van der Waals surface area contributed by atoms with Crippen molar-refractivity contribution in [2.75, 3.05) is 51.8 Å². The molecule has 0 saturated carbocycles. The first-order chi connectivity index (χ1) is 15.8. The number of benzene rings is 2. The number of aliphatic hydroxyl groups excluding tert-OH is 2. The summed E-state index contributed by atoms with van der Waals surface area (Å²) in [5, 5.41) is 23.1. The Bertz CT molecular complexity index is 875. The molecule has 0 amide bonds. The van der Waals surface area contributed by atoms with Crippen LogP contribution in [-0.2, 0) is 5.41 Å². The molecule has 1 fully saturated rings. The summed E-state index contributed by atoms with van der Waals surface area (Å²) < 4.78 is 25.7.